The van der Waals surface area contributed by atoms with Gasteiger partial charge in [-0.25, -0.2) is 0 Å². The zero-order valence-electron chi connectivity index (χ0n) is 11.7. The Kier molecular flexibility index (Phi) is 6.80. The van der Waals surface area contributed by atoms with Gasteiger partial charge in [-0.2, -0.15) is 13.2 Å². The van der Waals surface area contributed by atoms with Crippen molar-refractivity contribution in [2.75, 3.05) is 20.7 Å². The summed E-state index contributed by atoms with van der Waals surface area (Å²) in [6.07, 6.45) is -5.09. The first-order valence-corrected chi connectivity index (χ1v) is 6.98. The second kappa shape index (κ2) is 8.11. The number of aliphatic imine (C=N–C) groups is 1. The van der Waals surface area contributed by atoms with Gasteiger partial charge in [-0.05, 0) is 18.2 Å². The molecule has 0 aliphatic rings. The number of ether oxygens (including phenoxy) is 1. The summed E-state index contributed by atoms with van der Waals surface area (Å²) in [6.45, 7) is 0.160. The van der Waals surface area contributed by atoms with Crippen molar-refractivity contribution < 1.29 is 17.9 Å². The molecule has 1 aromatic rings. The van der Waals surface area contributed by atoms with Crippen LogP contribution >= 0.6 is 15.9 Å². The fourth-order valence-electron chi connectivity index (χ4n) is 1.61. The van der Waals surface area contributed by atoms with Crippen LogP contribution in [0.1, 0.15) is 12.0 Å². The van der Waals surface area contributed by atoms with Gasteiger partial charge in [0, 0.05) is 30.2 Å². The Balaban J connectivity index is 2.54. The predicted molar refractivity (Wildman–Crippen MR) is 79.6 cm³/mol. The van der Waals surface area contributed by atoms with Crippen LogP contribution in [0.25, 0.3) is 0 Å². The van der Waals surface area contributed by atoms with E-state index in [4.69, 9.17) is 4.74 Å². The minimum absolute atomic E-state index is 0.223. The molecule has 0 atom stereocenters. The summed E-state index contributed by atoms with van der Waals surface area (Å²) >= 11 is 3.36. The van der Waals surface area contributed by atoms with Crippen molar-refractivity contribution in [3.63, 3.8) is 0 Å². The average Bonchev–Trinajstić information content (AvgIpc) is 2.41. The molecule has 0 aliphatic heterocycles. The zero-order valence-corrected chi connectivity index (χ0v) is 13.3. The maximum absolute atomic E-state index is 12.1. The van der Waals surface area contributed by atoms with Crippen molar-refractivity contribution in [2.24, 2.45) is 4.99 Å². The van der Waals surface area contributed by atoms with Crippen LogP contribution in [0.3, 0.4) is 0 Å². The normalized spacial score (nSPS) is 12.2. The van der Waals surface area contributed by atoms with Crippen LogP contribution in [0.5, 0.6) is 5.75 Å². The van der Waals surface area contributed by atoms with Crippen molar-refractivity contribution in [1.29, 1.82) is 0 Å². The van der Waals surface area contributed by atoms with Crippen LogP contribution < -0.4 is 15.4 Å². The quantitative estimate of drug-likeness (QED) is 0.620. The summed E-state index contributed by atoms with van der Waals surface area (Å²) in [5.41, 5.74) is 0.866. The van der Waals surface area contributed by atoms with Gasteiger partial charge in [-0.15, -0.1) is 0 Å². The van der Waals surface area contributed by atoms with E-state index in [0.29, 0.717) is 18.3 Å². The minimum Gasteiger partial charge on any atom is -0.496 e. The van der Waals surface area contributed by atoms with Gasteiger partial charge in [-0.1, -0.05) is 15.9 Å². The van der Waals surface area contributed by atoms with E-state index in [0.717, 1.165) is 10.0 Å². The van der Waals surface area contributed by atoms with Crippen molar-refractivity contribution in [3.8, 4) is 5.75 Å². The summed E-state index contributed by atoms with van der Waals surface area (Å²) in [6, 6.07) is 5.52. The summed E-state index contributed by atoms with van der Waals surface area (Å²) in [4.78, 5) is 3.88. The third-order valence-corrected chi connectivity index (χ3v) is 3.11. The largest absolute Gasteiger partial charge is 0.496 e. The fraction of sp³-hybridized carbons (Fsp3) is 0.462. The van der Waals surface area contributed by atoms with E-state index < -0.39 is 12.6 Å². The molecule has 0 radical (unpaired) electrons. The molecule has 118 valence electrons. The maximum atomic E-state index is 12.1. The second-order valence-corrected chi connectivity index (χ2v) is 5.09. The monoisotopic (exact) mass is 367 g/mol. The van der Waals surface area contributed by atoms with Gasteiger partial charge in [0.15, 0.2) is 5.96 Å². The first kappa shape index (κ1) is 17.6. The molecule has 4 nitrogen and oxygen atoms in total. The molecule has 0 spiro atoms. The molecule has 0 bridgehead atoms. The van der Waals surface area contributed by atoms with Gasteiger partial charge in [0.2, 0.25) is 0 Å². The van der Waals surface area contributed by atoms with Gasteiger partial charge >= 0.3 is 6.18 Å². The van der Waals surface area contributed by atoms with Gasteiger partial charge in [0.1, 0.15) is 5.75 Å². The van der Waals surface area contributed by atoms with Crippen LogP contribution in [-0.2, 0) is 6.54 Å². The lowest BCUT2D eigenvalue weighted by atomic mass is 10.2. The number of methoxy groups -OCH3 is 1. The van der Waals surface area contributed by atoms with Crippen molar-refractivity contribution >= 4 is 21.9 Å². The fourth-order valence-corrected chi connectivity index (χ4v) is 2.02. The topological polar surface area (TPSA) is 45.7 Å². The molecule has 1 aromatic carbocycles. The summed E-state index contributed by atoms with van der Waals surface area (Å²) < 4.78 is 42.4. The summed E-state index contributed by atoms with van der Waals surface area (Å²) in [7, 11) is 3.06. The maximum Gasteiger partial charge on any atom is 0.390 e. The molecule has 0 aliphatic carbocycles. The average molecular weight is 368 g/mol. The second-order valence-electron chi connectivity index (χ2n) is 4.17. The first-order valence-electron chi connectivity index (χ1n) is 6.19. The highest BCUT2D eigenvalue weighted by molar-refractivity contribution is 9.10. The van der Waals surface area contributed by atoms with E-state index in [1.165, 1.54) is 7.05 Å². The van der Waals surface area contributed by atoms with Gasteiger partial charge in [0.25, 0.3) is 0 Å². The van der Waals surface area contributed by atoms with Crippen molar-refractivity contribution in [2.45, 2.75) is 19.1 Å². The molecular weight excluding hydrogens is 351 g/mol. The molecule has 0 heterocycles. The molecule has 0 unspecified atom stereocenters. The zero-order chi connectivity index (χ0) is 15.9. The Morgan fingerprint density at radius 2 is 2.05 bits per heavy atom. The van der Waals surface area contributed by atoms with Crippen LogP contribution in [-0.4, -0.2) is 32.8 Å². The molecule has 0 saturated heterocycles. The lowest BCUT2D eigenvalue weighted by Gasteiger charge is -2.14. The van der Waals surface area contributed by atoms with Gasteiger partial charge in [0.05, 0.1) is 13.5 Å². The lowest BCUT2D eigenvalue weighted by molar-refractivity contribution is -0.132. The molecule has 8 heteroatoms. The molecule has 1 rings (SSSR count). The van der Waals surface area contributed by atoms with Crippen LogP contribution in [0, 0.1) is 0 Å². The number of hydrogen-bond acceptors (Lipinski definition) is 2. The van der Waals surface area contributed by atoms with E-state index in [9.17, 15) is 13.2 Å². The number of guanidine groups is 1. The number of halogens is 4. The first-order chi connectivity index (χ1) is 9.85. The van der Waals surface area contributed by atoms with Gasteiger partial charge in [-0.3, -0.25) is 4.99 Å². The highest BCUT2D eigenvalue weighted by Crippen LogP contribution is 2.22. The number of alkyl halides is 3. The third kappa shape index (κ3) is 6.70. The number of nitrogens with one attached hydrogen (secondary N) is 2. The number of rotatable bonds is 5. The Labute approximate surface area is 129 Å². The molecule has 0 amide bonds. The Morgan fingerprint density at radius 1 is 1.33 bits per heavy atom. The number of benzene rings is 1. The Bertz CT molecular complexity index is 492. The smallest absolute Gasteiger partial charge is 0.390 e. The van der Waals surface area contributed by atoms with Crippen LogP contribution in [0.2, 0.25) is 0 Å². The minimum atomic E-state index is -4.18. The van der Waals surface area contributed by atoms with Gasteiger partial charge < -0.3 is 15.4 Å². The third-order valence-electron chi connectivity index (χ3n) is 2.61. The molecule has 2 N–H and O–H groups in total. The van der Waals surface area contributed by atoms with E-state index >= 15 is 0 Å². The van der Waals surface area contributed by atoms with E-state index in [-0.39, 0.29) is 6.54 Å². The lowest BCUT2D eigenvalue weighted by Crippen LogP contribution is -2.38. The van der Waals surface area contributed by atoms with E-state index in [1.54, 1.807) is 13.2 Å². The highest BCUT2D eigenvalue weighted by Gasteiger charge is 2.26. The molecule has 0 aromatic heterocycles. The predicted octanol–water partition coefficient (Wildman–Crippen LogP) is 3.08. The molecule has 0 fully saturated rings. The van der Waals surface area contributed by atoms with Crippen LogP contribution in [0.15, 0.2) is 27.7 Å². The SMILES string of the molecule is CN=C(NCCC(F)(F)F)NCc1cc(Br)ccc1OC. The molecule has 0 saturated carbocycles. The van der Waals surface area contributed by atoms with Crippen molar-refractivity contribution in [3.05, 3.63) is 28.2 Å². The van der Waals surface area contributed by atoms with E-state index in [2.05, 4.69) is 31.6 Å². The van der Waals surface area contributed by atoms with Crippen LogP contribution in [0.4, 0.5) is 13.2 Å². The molecular formula is C13H17BrF3N3O. The summed E-state index contributed by atoms with van der Waals surface area (Å²) in [5.74, 6) is 0.998. The standard InChI is InChI=1S/C13H17BrF3N3O/c1-18-12(19-6-5-13(15,16)17)20-8-9-7-10(14)3-4-11(9)21-2/h3-4,7H,5-6,8H2,1-2H3,(H2,18,19,20). The number of nitrogens with zero attached hydrogens (tertiary/aromatic N) is 1. The van der Waals surface area contributed by atoms with Crippen molar-refractivity contribution in [1.82, 2.24) is 10.6 Å². The Morgan fingerprint density at radius 3 is 2.62 bits per heavy atom. The Hall–Kier alpha value is -1.44. The number of hydrogen-bond donors (Lipinski definition) is 2. The highest BCUT2D eigenvalue weighted by atomic mass is 79.9. The summed E-state index contributed by atoms with van der Waals surface area (Å²) in [5, 5.41) is 5.56. The molecule has 21 heavy (non-hydrogen) atoms. The van der Waals surface area contributed by atoms with E-state index in [1.807, 2.05) is 12.1 Å².